The van der Waals surface area contributed by atoms with Crippen LogP contribution in [-0.2, 0) is 6.54 Å². The first-order valence-corrected chi connectivity index (χ1v) is 10.5. The second-order valence-corrected chi connectivity index (χ2v) is 8.22. The Hall–Kier alpha value is -1.14. The summed E-state index contributed by atoms with van der Waals surface area (Å²) in [5.41, 5.74) is 1.25. The molecule has 1 atom stereocenters. The van der Waals surface area contributed by atoms with E-state index in [1.165, 1.54) is 37.7 Å². The predicted molar refractivity (Wildman–Crippen MR) is 112 cm³/mol. The van der Waals surface area contributed by atoms with Gasteiger partial charge in [0, 0.05) is 13.1 Å². The van der Waals surface area contributed by atoms with Gasteiger partial charge in [-0.1, -0.05) is 25.0 Å². The maximum absolute atomic E-state index is 10.3. The molecule has 0 radical (unpaired) electrons. The van der Waals surface area contributed by atoms with Crippen LogP contribution < -0.4 is 4.74 Å². The molecule has 0 aliphatic carbocycles. The van der Waals surface area contributed by atoms with Gasteiger partial charge in [0.1, 0.15) is 18.5 Å². The number of benzene rings is 1. The van der Waals surface area contributed by atoms with Crippen LogP contribution in [0, 0.1) is 0 Å². The molecule has 1 aromatic carbocycles. The van der Waals surface area contributed by atoms with Crippen LogP contribution in [0.4, 0.5) is 0 Å². The molecule has 0 bridgehead atoms. The number of β-amino-alcohol motifs (C(OH)–C–C–N with tert-alkyl or cyclic N) is 1. The molecule has 1 aliphatic heterocycles. The largest absolute Gasteiger partial charge is 0.491 e. The fourth-order valence-electron chi connectivity index (χ4n) is 3.64. The van der Waals surface area contributed by atoms with Crippen molar-refractivity contribution in [1.29, 1.82) is 0 Å². The molecular formula is C22H39N3O2. The lowest BCUT2D eigenvalue weighted by Crippen LogP contribution is -2.36. The third kappa shape index (κ3) is 9.56. The number of ether oxygens (including phenoxy) is 1. The van der Waals surface area contributed by atoms with Crippen molar-refractivity contribution in [1.82, 2.24) is 14.7 Å². The average molecular weight is 378 g/mol. The van der Waals surface area contributed by atoms with E-state index in [4.69, 9.17) is 4.74 Å². The summed E-state index contributed by atoms with van der Waals surface area (Å²) in [6.07, 6.45) is 5.87. The van der Waals surface area contributed by atoms with E-state index in [0.29, 0.717) is 13.2 Å². The molecule has 0 unspecified atom stereocenters. The van der Waals surface area contributed by atoms with Crippen molar-refractivity contribution in [2.45, 2.75) is 44.8 Å². The van der Waals surface area contributed by atoms with E-state index in [-0.39, 0.29) is 0 Å². The van der Waals surface area contributed by atoms with E-state index in [0.717, 1.165) is 38.5 Å². The van der Waals surface area contributed by atoms with Crippen LogP contribution in [0.25, 0.3) is 0 Å². The van der Waals surface area contributed by atoms with E-state index >= 15 is 0 Å². The highest BCUT2D eigenvalue weighted by molar-refractivity contribution is 5.28. The highest BCUT2D eigenvalue weighted by atomic mass is 16.5. The summed E-state index contributed by atoms with van der Waals surface area (Å²) < 4.78 is 5.87. The standard InChI is InChI=1S/C22H39N3O2/c1-23(2)12-9-13-24(3)17-20-10-8-11-22(16-20)27-19-21(26)18-25-14-6-4-5-7-15-25/h8,10-11,16,21,26H,4-7,9,12-15,17-19H2,1-3H3/t21-/m0/s1. The van der Waals surface area contributed by atoms with Crippen molar-refractivity contribution in [2.24, 2.45) is 0 Å². The minimum Gasteiger partial charge on any atom is -0.491 e. The molecule has 0 spiro atoms. The Morgan fingerprint density at radius 1 is 1.07 bits per heavy atom. The molecule has 27 heavy (non-hydrogen) atoms. The fraction of sp³-hybridized carbons (Fsp3) is 0.727. The van der Waals surface area contributed by atoms with Gasteiger partial charge in [0.25, 0.3) is 0 Å². The number of nitrogens with zero attached hydrogens (tertiary/aromatic N) is 3. The topological polar surface area (TPSA) is 39.2 Å². The molecule has 1 aromatic rings. The smallest absolute Gasteiger partial charge is 0.119 e. The highest BCUT2D eigenvalue weighted by Gasteiger charge is 2.14. The van der Waals surface area contributed by atoms with Gasteiger partial charge < -0.3 is 24.5 Å². The Kier molecular flexibility index (Phi) is 10.1. The summed E-state index contributed by atoms with van der Waals surface area (Å²) in [5, 5.41) is 10.3. The Morgan fingerprint density at radius 3 is 2.52 bits per heavy atom. The third-order valence-corrected chi connectivity index (χ3v) is 5.11. The Balaban J connectivity index is 1.72. The van der Waals surface area contributed by atoms with Gasteiger partial charge in [-0.2, -0.15) is 0 Å². The number of rotatable bonds is 11. The van der Waals surface area contributed by atoms with Crippen LogP contribution in [0.5, 0.6) is 5.75 Å². The van der Waals surface area contributed by atoms with Gasteiger partial charge in [0.15, 0.2) is 0 Å². The maximum Gasteiger partial charge on any atom is 0.119 e. The first-order chi connectivity index (χ1) is 13.0. The monoisotopic (exact) mass is 377 g/mol. The lowest BCUT2D eigenvalue weighted by Gasteiger charge is -2.23. The summed E-state index contributed by atoms with van der Waals surface area (Å²) in [6, 6.07) is 8.26. The van der Waals surface area contributed by atoms with Gasteiger partial charge in [-0.15, -0.1) is 0 Å². The number of hydrogen-bond acceptors (Lipinski definition) is 5. The molecule has 1 aliphatic rings. The summed E-state index contributed by atoms with van der Waals surface area (Å²) in [7, 11) is 6.39. The third-order valence-electron chi connectivity index (χ3n) is 5.11. The van der Waals surface area contributed by atoms with Crippen LogP contribution in [0.3, 0.4) is 0 Å². The average Bonchev–Trinajstić information content (AvgIpc) is 2.88. The van der Waals surface area contributed by atoms with Crippen molar-refractivity contribution >= 4 is 0 Å². The number of aliphatic hydroxyl groups is 1. The lowest BCUT2D eigenvalue weighted by atomic mass is 10.2. The minimum absolute atomic E-state index is 0.360. The fourth-order valence-corrected chi connectivity index (χ4v) is 3.64. The van der Waals surface area contributed by atoms with Gasteiger partial charge in [-0.25, -0.2) is 0 Å². The second kappa shape index (κ2) is 12.3. The van der Waals surface area contributed by atoms with E-state index in [1.54, 1.807) is 0 Å². The maximum atomic E-state index is 10.3. The van der Waals surface area contributed by atoms with Gasteiger partial charge >= 0.3 is 0 Å². The van der Waals surface area contributed by atoms with Gasteiger partial charge in [-0.3, -0.25) is 0 Å². The van der Waals surface area contributed by atoms with Gasteiger partial charge in [-0.05, 0) is 84.3 Å². The predicted octanol–water partition coefficient (Wildman–Crippen LogP) is 2.69. The molecule has 5 nitrogen and oxygen atoms in total. The zero-order chi connectivity index (χ0) is 19.5. The summed E-state index contributed by atoms with van der Waals surface area (Å²) in [5.74, 6) is 0.851. The number of likely N-dealkylation sites (tertiary alicyclic amines) is 1. The molecule has 1 heterocycles. The number of hydrogen-bond donors (Lipinski definition) is 1. The second-order valence-electron chi connectivity index (χ2n) is 8.22. The summed E-state index contributed by atoms with van der Waals surface area (Å²) in [6.45, 7) is 6.40. The van der Waals surface area contributed by atoms with Crippen molar-refractivity contribution in [3.05, 3.63) is 29.8 Å². The highest BCUT2D eigenvalue weighted by Crippen LogP contribution is 2.16. The van der Waals surface area contributed by atoms with E-state index in [2.05, 4.69) is 48.0 Å². The molecule has 2 rings (SSSR count). The Labute approximate surface area is 165 Å². The molecule has 5 heteroatoms. The minimum atomic E-state index is -0.430. The lowest BCUT2D eigenvalue weighted by molar-refractivity contribution is 0.0693. The Bertz CT molecular complexity index is 516. The van der Waals surface area contributed by atoms with Crippen molar-refractivity contribution in [3.63, 3.8) is 0 Å². The molecule has 0 saturated carbocycles. The van der Waals surface area contributed by atoms with Crippen LogP contribution in [0.2, 0.25) is 0 Å². The van der Waals surface area contributed by atoms with Gasteiger partial charge in [0.05, 0.1) is 0 Å². The first-order valence-electron chi connectivity index (χ1n) is 10.5. The van der Waals surface area contributed by atoms with Crippen molar-refractivity contribution in [3.8, 4) is 5.75 Å². The van der Waals surface area contributed by atoms with E-state index in [9.17, 15) is 5.11 Å². The van der Waals surface area contributed by atoms with Crippen LogP contribution in [0.1, 0.15) is 37.7 Å². The SMILES string of the molecule is CN(C)CCCN(C)Cc1cccc(OC[C@@H](O)CN2CCCCCC2)c1. The van der Waals surface area contributed by atoms with E-state index < -0.39 is 6.10 Å². The molecule has 1 N–H and O–H groups in total. The molecular weight excluding hydrogens is 338 g/mol. The molecule has 1 saturated heterocycles. The normalized spacial score (nSPS) is 17.3. The molecule has 0 amide bonds. The van der Waals surface area contributed by atoms with Gasteiger partial charge in [0.2, 0.25) is 0 Å². The summed E-state index contributed by atoms with van der Waals surface area (Å²) in [4.78, 5) is 6.94. The Morgan fingerprint density at radius 2 is 1.81 bits per heavy atom. The van der Waals surface area contributed by atoms with Crippen LogP contribution in [-0.4, -0.2) is 86.4 Å². The zero-order valence-electron chi connectivity index (χ0n) is 17.6. The van der Waals surface area contributed by atoms with Crippen LogP contribution >= 0.6 is 0 Å². The van der Waals surface area contributed by atoms with E-state index in [1.807, 2.05) is 12.1 Å². The van der Waals surface area contributed by atoms with Crippen LogP contribution in [0.15, 0.2) is 24.3 Å². The zero-order valence-corrected chi connectivity index (χ0v) is 17.6. The summed E-state index contributed by atoms with van der Waals surface area (Å²) >= 11 is 0. The van der Waals surface area contributed by atoms with Crippen molar-refractivity contribution in [2.75, 3.05) is 60.5 Å². The first kappa shape index (κ1) is 22.2. The number of aliphatic hydroxyl groups excluding tert-OH is 1. The molecule has 1 fully saturated rings. The molecule has 154 valence electrons. The quantitative estimate of drug-likeness (QED) is 0.642. The molecule has 0 aromatic heterocycles. The van der Waals surface area contributed by atoms with Crippen molar-refractivity contribution < 1.29 is 9.84 Å².